The Morgan fingerprint density at radius 1 is 0.724 bits per heavy atom. The van der Waals surface area contributed by atoms with Gasteiger partial charge in [-0.2, -0.15) is 15.6 Å². The second kappa shape index (κ2) is 23.8. The third-order valence-electron chi connectivity index (χ3n) is 3.04. The molecule has 1 aromatic carbocycles. The molecule has 0 unspecified atom stereocenters. The summed E-state index contributed by atoms with van der Waals surface area (Å²) in [7, 11) is -10.8. The van der Waals surface area contributed by atoms with Crippen LogP contribution in [-0.2, 0) is 74.0 Å². The van der Waals surface area contributed by atoms with E-state index in [0.717, 1.165) is 12.0 Å². The van der Waals surface area contributed by atoms with Crippen molar-refractivity contribution in [3.05, 3.63) is 29.8 Å². The molecule has 0 aromatic heterocycles. The Kier molecular flexibility index (Phi) is 33.2. The van der Waals surface area contributed by atoms with Crippen molar-refractivity contribution >= 4 is 15.6 Å². The van der Waals surface area contributed by atoms with Crippen LogP contribution in [0.2, 0.25) is 0 Å². The monoisotopic (exact) mass is 602 g/mol. The largest absolute Gasteiger partial charge is 2.00 e. The van der Waals surface area contributed by atoms with Gasteiger partial charge in [0.05, 0.1) is 0 Å². The van der Waals surface area contributed by atoms with E-state index in [9.17, 15) is 5.11 Å². The van der Waals surface area contributed by atoms with Crippen molar-refractivity contribution in [1.82, 2.24) is 0 Å². The number of rotatable bonds is 8. The normalized spacial score (nSPS) is 9.90. The molecule has 14 heteroatoms. The Labute approximate surface area is 210 Å². The van der Waals surface area contributed by atoms with E-state index in [0.29, 0.717) is 5.75 Å². The van der Waals surface area contributed by atoms with E-state index in [2.05, 4.69) is 6.92 Å². The van der Waals surface area contributed by atoms with Crippen LogP contribution in [0.3, 0.4) is 0 Å². The number of hydrogen-bond acceptors (Lipinski definition) is 9. The first-order chi connectivity index (χ1) is 11.8. The van der Waals surface area contributed by atoms with Crippen molar-refractivity contribution in [2.24, 2.45) is 0 Å². The molecule has 0 saturated carbocycles. The number of hydrogen-bond donors (Lipinski definition) is 1. The maximum Gasteiger partial charge on any atom is 2.00 e. The summed E-state index contributed by atoms with van der Waals surface area (Å²) in [5, 5.41) is 9.58. The standard InChI is InChI=1S/C15H24O.2H3O4P.3Zn/c1-2-3-4-5-6-7-8-11-14-12-9-10-13-15(14)16;2*1-5(2,3)4;;;/h9-10,12-13,16H,2-8,11H2,1H3;2*(H3,1,2,3,4);;;/q;;;3*+2/p-6. The molecule has 0 aliphatic heterocycles. The topological polar surface area (TPSA) is 193 Å². The number of para-hydroxylation sites is 1. The van der Waals surface area contributed by atoms with Gasteiger partial charge in [0, 0.05) is 0 Å². The molecule has 0 bridgehead atoms. The van der Waals surface area contributed by atoms with Crippen LogP contribution in [0.4, 0.5) is 0 Å². The summed E-state index contributed by atoms with van der Waals surface area (Å²) in [6.07, 6.45) is 10.3. The second-order valence-corrected chi connectivity index (χ2v) is 7.18. The molecule has 1 aromatic rings. The quantitative estimate of drug-likeness (QED) is 0.220. The number of unbranched alkanes of at least 4 members (excludes halogenated alkanes) is 6. The summed E-state index contributed by atoms with van der Waals surface area (Å²) in [5.74, 6) is 0.452. The molecule has 0 saturated heterocycles. The first-order valence-corrected chi connectivity index (χ1v) is 11.0. The smallest absolute Gasteiger partial charge is 0.822 e. The van der Waals surface area contributed by atoms with Crippen LogP contribution in [0.5, 0.6) is 5.75 Å². The number of benzene rings is 1. The maximum atomic E-state index is 9.58. The Balaban J connectivity index is -0.000000125. The van der Waals surface area contributed by atoms with E-state index in [1.54, 1.807) is 6.07 Å². The molecule has 0 spiro atoms. The first kappa shape index (κ1) is 40.5. The Bertz CT molecular complexity index is 531. The zero-order valence-corrected chi connectivity index (χ0v) is 27.4. The summed E-state index contributed by atoms with van der Waals surface area (Å²) in [4.78, 5) is 51.3. The minimum atomic E-state index is -5.39. The van der Waals surface area contributed by atoms with Crippen LogP contribution in [-0.4, -0.2) is 5.11 Å². The number of aromatic hydroxyl groups is 1. The predicted octanol–water partition coefficient (Wildman–Crippen LogP) is -0.971. The van der Waals surface area contributed by atoms with Gasteiger partial charge in [-0.05, 0) is 24.5 Å². The van der Waals surface area contributed by atoms with Crippen LogP contribution in [0, 0.1) is 0 Å². The summed E-state index contributed by atoms with van der Waals surface area (Å²) < 4.78 is 17.1. The number of phosphoric acid groups is 2. The van der Waals surface area contributed by atoms with Gasteiger partial charge in [0.1, 0.15) is 5.75 Å². The van der Waals surface area contributed by atoms with Crippen molar-refractivity contribution in [3.8, 4) is 5.75 Å². The molecule has 1 rings (SSSR count). The van der Waals surface area contributed by atoms with Crippen molar-refractivity contribution in [2.45, 2.75) is 58.3 Å². The van der Waals surface area contributed by atoms with Gasteiger partial charge >= 0.3 is 58.4 Å². The van der Waals surface area contributed by atoms with Gasteiger partial charge in [-0.1, -0.05) is 63.6 Å². The fraction of sp³-hybridized carbons (Fsp3) is 0.600. The van der Waals surface area contributed by atoms with Gasteiger partial charge in [-0.25, -0.2) is 0 Å². The molecule has 9 nitrogen and oxygen atoms in total. The maximum absolute atomic E-state index is 9.58. The molecular weight excluding hydrogens is 582 g/mol. The molecule has 0 radical (unpaired) electrons. The SMILES string of the molecule is CCCCCCCCCc1ccccc1O.O=P([O-])([O-])[O-].O=P([O-])([O-])[O-].[Zn+2].[Zn+2].[Zn+2]. The first-order valence-electron chi connectivity index (χ1n) is 8.07. The summed E-state index contributed by atoms with van der Waals surface area (Å²) in [6, 6.07) is 7.67. The van der Waals surface area contributed by atoms with E-state index in [4.69, 9.17) is 38.5 Å². The summed E-state index contributed by atoms with van der Waals surface area (Å²) in [6.45, 7) is 2.25. The van der Waals surface area contributed by atoms with Crippen molar-refractivity contribution in [1.29, 1.82) is 0 Å². The zero-order chi connectivity index (χ0) is 20.6. The van der Waals surface area contributed by atoms with Crippen LogP contribution < -0.4 is 29.4 Å². The second-order valence-electron chi connectivity index (χ2n) is 5.39. The minimum Gasteiger partial charge on any atom is -0.822 e. The molecule has 0 amide bonds. The molecule has 29 heavy (non-hydrogen) atoms. The van der Waals surface area contributed by atoms with Gasteiger partial charge in [0.25, 0.3) is 0 Å². The summed E-state index contributed by atoms with van der Waals surface area (Å²) >= 11 is 0. The van der Waals surface area contributed by atoms with Crippen LogP contribution in [0.25, 0.3) is 0 Å². The van der Waals surface area contributed by atoms with Crippen LogP contribution in [0.1, 0.15) is 57.4 Å². The van der Waals surface area contributed by atoms with Crippen LogP contribution >= 0.6 is 15.6 Å². The Morgan fingerprint density at radius 2 is 1.07 bits per heavy atom. The van der Waals surface area contributed by atoms with Crippen molar-refractivity contribution < 1.29 is 102 Å². The molecule has 0 heterocycles. The molecule has 0 aliphatic carbocycles. The van der Waals surface area contributed by atoms with Gasteiger partial charge < -0.3 is 43.6 Å². The average molecular weight is 606 g/mol. The van der Waals surface area contributed by atoms with E-state index < -0.39 is 15.6 Å². The molecule has 1 N–H and O–H groups in total. The van der Waals surface area contributed by atoms with Crippen molar-refractivity contribution in [2.75, 3.05) is 0 Å². The van der Waals surface area contributed by atoms with Gasteiger partial charge in [-0.15, -0.1) is 0 Å². The number of phenolic OH excluding ortho intramolecular Hbond substituents is 1. The third-order valence-corrected chi connectivity index (χ3v) is 3.04. The van der Waals surface area contributed by atoms with E-state index in [-0.39, 0.29) is 58.4 Å². The fourth-order valence-corrected chi connectivity index (χ4v) is 1.99. The third kappa shape index (κ3) is 48.0. The van der Waals surface area contributed by atoms with Gasteiger partial charge in [0.15, 0.2) is 0 Å². The number of phenols is 1. The van der Waals surface area contributed by atoms with Gasteiger partial charge in [0.2, 0.25) is 0 Å². The molecule has 154 valence electrons. The summed E-state index contributed by atoms with van der Waals surface area (Å²) in [5.41, 5.74) is 1.09. The Morgan fingerprint density at radius 3 is 1.45 bits per heavy atom. The molecule has 0 atom stereocenters. The van der Waals surface area contributed by atoms with Crippen molar-refractivity contribution in [3.63, 3.8) is 0 Å². The molecular formula is C15H24O9P2Zn3. The molecule has 0 aliphatic rings. The number of aryl methyl sites for hydroxylation is 1. The van der Waals surface area contributed by atoms with E-state index in [1.165, 1.54) is 44.9 Å². The zero-order valence-electron chi connectivity index (χ0n) is 16.7. The fourth-order valence-electron chi connectivity index (χ4n) is 1.99. The molecule has 0 fully saturated rings. The predicted molar refractivity (Wildman–Crippen MR) is 85.0 cm³/mol. The van der Waals surface area contributed by atoms with Crippen LogP contribution in [0.15, 0.2) is 24.3 Å². The average Bonchev–Trinajstić information content (AvgIpc) is 2.45. The van der Waals surface area contributed by atoms with E-state index in [1.807, 2.05) is 18.2 Å². The van der Waals surface area contributed by atoms with Gasteiger partial charge in [-0.3, -0.25) is 0 Å². The minimum absolute atomic E-state index is 0. The van der Waals surface area contributed by atoms with E-state index >= 15 is 0 Å². The Hall–Kier alpha value is 1.11.